The van der Waals surface area contributed by atoms with E-state index in [4.69, 9.17) is 4.74 Å². The first kappa shape index (κ1) is 16.8. The quantitative estimate of drug-likeness (QED) is 0.895. The highest BCUT2D eigenvalue weighted by Gasteiger charge is 2.44. The third-order valence-corrected chi connectivity index (χ3v) is 5.29. The third-order valence-electron chi connectivity index (χ3n) is 5.29. The van der Waals surface area contributed by atoms with Crippen molar-refractivity contribution in [3.05, 3.63) is 29.8 Å². The van der Waals surface area contributed by atoms with Crippen LogP contribution in [-0.2, 0) is 9.59 Å². The van der Waals surface area contributed by atoms with Crippen LogP contribution in [0.5, 0.6) is 5.75 Å². The molecule has 2 aliphatic heterocycles. The lowest BCUT2D eigenvalue weighted by Crippen LogP contribution is -2.43. The Kier molecular flexibility index (Phi) is 4.76. The fourth-order valence-electron chi connectivity index (χ4n) is 3.76. The van der Waals surface area contributed by atoms with Gasteiger partial charge in [0.15, 0.2) is 0 Å². The summed E-state index contributed by atoms with van der Waals surface area (Å²) in [5.74, 6) is 0.513. The largest absolute Gasteiger partial charge is 0.497 e. The maximum Gasteiger partial charge on any atom is 0.228 e. The van der Waals surface area contributed by atoms with Crippen LogP contribution in [0.3, 0.4) is 0 Å². The SMILES string of the molecule is COc1ccc([C@@H]2[C@@H](C(=O)N(C)[C@H]3CCNC3)CC(=O)N2C)cc1. The highest BCUT2D eigenvalue weighted by molar-refractivity contribution is 5.90. The molecular formula is C18H25N3O3. The van der Waals surface area contributed by atoms with E-state index in [2.05, 4.69) is 5.32 Å². The summed E-state index contributed by atoms with van der Waals surface area (Å²) in [4.78, 5) is 28.8. The minimum absolute atomic E-state index is 0.0205. The van der Waals surface area contributed by atoms with Gasteiger partial charge in [-0.05, 0) is 30.7 Å². The van der Waals surface area contributed by atoms with Crippen molar-refractivity contribution in [3.8, 4) is 5.75 Å². The number of amides is 2. The maximum atomic E-state index is 13.0. The summed E-state index contributed by atoms with van der Waals surface area (Å²) >= 11 is 0. The predicted octanol–water partition coefficient (Wildman–Crippen LogP) is 1.03. The molecule has 2 amide bonds. The summed E-state index contributed by atoms with van der Waals surface area (Å²) in [6, 6.07) is 7.63. The molecule has 0 saturated carbocycles. The molecule has 2 heterocycles. The van der Waals surface area contributed by atoms with Gasteiger partial charge in [0.2, 0.25) is 11.8 Å². The number of rotatable bonds is 4. The summed E-state index contributed by atoms with van der Waals surface area (Å²) < 4.78 is 5.20. The normalized spacial score (nSPS) is 26.7. The fourth-order valence-corrected chi connectivity index (χ4v) is 3.76. The minimum Gasteiger partial charge on any atom is -0.497 e. The molecule has 0 radical (unpaired) electrons. The van der Waals surface area contributed by atoms with Gasteiger partial charge >= 0.3 is 0 Å². The Morgan fingerprint density at radius 3 is 2.62 bits per heavy atom. The van der Waals surface area contributed by atoms with Gasteiger partial charge in [0.05, 0.1) is 19.1 Å². The first-order valence-corrected chi connectivity index (χ1v) is 8.40. The van der Waals surface area contributed by atoms with E-state index in [0.717, 1.165) is 30.8 Å². The zero-order valence-corrected chi connectivity index (χ0v) is 14.5. The Labute approximate surface area is 142 Å². The van der Waals surface area contributed by atoms with Crippen molar-refractivity contribution in [1.29, 1.82) is 0 Å². The number of likely N-dealkylation sites (tertiary alicyclic amines) is 1. The first-order valence-electron chi connectivity index (χ1n) is 8.40. The van der Waals surface area contributed by atoms with Crippen molar-refractivity contribution in [2.45, 2.75) is 24.9 Å². The number of nitrogens with zero attached hydrogens (tertiary/aromatic N) is 2. The second-order valence-corrected chi connectivity index (χ2v) is 6.63. The Morgan fingerprint density at radius 2 is 2.04 bits per heavy atom. The number of benzene rings is 1. The van der Waals surface area contributed by atoms with Gasteiger partial charge in [-0.2, -0.15) is 0 Å². The van der Waals surface area contributed by atoms with E-state index < -0.39 is 0 Å². The summed E-state index contributed by atoms with van der Waals surface area (Å²) in [6.45, 7) is 1.76. The number of ether oxygens (including phenoxy) is 1. The number of methoxy groups -OCH3 is 1. The lowest BCUT2D eigenvalue weighted by molar-refractivity contribution is -0.137. The van der Waals surface area contributed by atoms with E-state index >= 15 is 0 Å². The Hall–Kier alpha value is -2.08. The summed E-state index contributed by atoms with van der Waals surface area (Å²) in [6.07, 6.45) is 1.24. The highest BCUT2D eigenvalue weighted by Crippen LogP contribution is 2.38. The van der Waals surface area contributed by atoms with Crippen LogP contribution in [0.15, 0.2) is 24.3 Å². The molecule has 130 valence electrons. The van der Waals surface area contributed by atoms with E-state index in [9.17, 15) is 9.59 Å². The van der Waals surface area contributed by atoms with Crippen LogP contribution in [0.4, 0.5) is 0 Å². The molecule has 6 heteroatoms. The van der Waals surface area contributed by atoms with Crippen molar-refractivity contribution in [2.75, 3.05) is 34.3 Å². The lowest BCUT2D eigenvalue weighted by Gasteiger charge is -2.30. The molecule has 24 heavy (non-hydrogen) atoms. The Bertz CT molecular complexity index is 610. The number of carbonyl (C=O) groups excluding carboxylic acids is 2. The molecule has 0 bridgehead atoms. The molecule has 0 unspecified atom stereocenters. The number of hydrogen-bond donors (Lipinski definition) is 1. The molecule has 3 rings (SSSR count). The van der Waals surface area contributed by atoms with Crippen LogP contribution in [0.2, 0.25) is 0 Å². The van der Waals surface area contributed by atoms with Crippen LogP contribution >= 0.6 is 0 Å². The first-order chi connectivity index (χ1) is 11.5. The number of carbonyl (C=O) groups is 2. The van der Waals surface area contributed by atoms with E-state index in [0.29, 0.717) is 0 Å². The molecule has 0 aromatic heterocycles. The second kappa shape index (κ2) is 6.81. The van der Waals surface area contributed by atoms with Crippen molar-refractivity contribution in [3.63, 3.8) is 0 Å². The molecular weight excluding hydrogens is 306 g/mol. The van der Waals surface area contributed by atoms with E-state index in [1.165, 1.54) is 0 Å². The summed E-state index contributed by atoms with van der Waals surface area (Å²) in [7, 11) is 5.26. The lowest BCUT2D eigenvalue weighted by atomic mass is 9.92. The van der Waals surface area contributed by atoms with Gasteiger partial charge in [-0.1, -0.05) is 12.1 Å². The molecule has 1 aromatic rings. The minimum atomic E-state index is -0.332. The second-order valence-electron chi connectivity index (χ2n) is 6.63. The molecule has 0 spiro atoms. The van der Waals surface area contributed by atoms with Crippen LogP contribution in [0.25, 0.3) is 0 Å². The number of likely N-dealkylation sites (N-methyl/N-ethyl adjacent to an activating group) is 1. The third kappa shape index (κ3) is 2.98. The van der Waals surface area contributed by atoms with Gasteiger partial charge in [-0.3, -0.25) is 9.59 Å². The summed E-state index contributed by atoms with van der Waals surface area (Å²) in [5, 5.41) is 3.29. The Balaban J connectivity index is 1.84. The van der Waals surface area contributed by atoms with Crippen molar-refractivity contribution >= 4 is 11.8 Å². The highest BCUT2D eigenvalue weighted by atomic mass is 16.5. The van der Waals surface area contributed by atoms with Gasteiger partial charge in [0, 0.05) is 33.1 Å². The fraction of sp³-hybridized carbons (Fsp3) is 0.556. The molecule has 2 aliphatic rings. The number of hydrogen-bond acceptors (Lipinski definition) is 4. The van der Waals surface area contributed by atoms with Gasteiger partial charge in [-0.25, -0.2) is 0 Å². The van der Waals surface area contributed by atoms with E-state index in [1.54, 1.807) is 19.1 Å². The topological polar surface area (TPSA) is 61.9 Å². The molecule has 1 aromatic carbocycles. The van der Waals surface area contributed by atoms with Crippen LogP contribution in [0, 0.1) is 5.92 Å². The van der Waals surface area contributed by atoms with E-state index in [-0.39, 0.29) is 36.2 Å². The van der Waals surface area contributed by atoms with Crippen molar-refractivity contribution in [1.82, 2.24) is 15.1 Å². The molecule has 6 nitrogen and oxygen atoms in total. The predicted molar refractivity (Wildman–Crippen MR) is 90.7 cm³/mol. The van der Waals surface area contributed by atoms with Gasteiger partial charge < -0.3 is 19.9 Å². The maximum absolute atomic E-state index is 13.0. The van der Waals surface area contributed by atoms with Crippen LogP contribution in [0.1, 0.15) is 24.4 Å². The molecule has 0 aliphatic carbocycles. The average Bonchev–Trinajstić information content (AvgIpc) is 3.23. The van der Waals surface area contributed by atoms with Gasteiger partial charge in [0.25, 0.3) is 0 Å². The molecule has 2 saturated heterocycles. The standard InChI is InChI=1S/C18H25N3O3/c1-20(13-8-9-19-11-13)18(23)15-10-16(22)21(2)17(15)12-4-6-14(24-3)7-5-12/h4-7,13,15,17,19H,8-11H2,1-3H3/t13-,15-,17+/m0/s1. The van der Waals surface area contributed by atoms with Crippen LogP contribution in [-0.4, -0.2) is 62.0 Å². The molecule has 3 atom stereocenters. The zero-order chi connectivity index (χ0) is 17.3. The van der Waals surface area contributed by atoms with Crippen molar-refractivity contribution < 1.29 is 14.3 Å². The van der Waals surface area contributed by atoms with Gasteiger partial charge in [0.1, 0.15) is 5.75 Å². The van der Waals surface area contributed by atoms with Crippen molar-refractivity contribution in [2.24, 2.45) is 5.92 Å². The van der Waals surface area contributed by atoms with Crippen LogP contribution < -0.4 is 10.1 Å². The molecule has 1 N–H and O–H groups in total. The summed E-state index contributed by atoms with van der Waals surface area (Å²) in [5.41, 5.74) is 0.973. The number of nitrogens with one attached hydrogen (secondary N) is 1. The Morgan fingerprint density at radius 1 is 1.33 bits per heavy atom. The average molecular weight is 331 g/mol. The smallest absolute Gasteiger partial charge is 0.228 e. The molecule has 2 fully saturated rings. The van der Waals surface area contributed by atoms with Gasteiger partial charge in [-0.15, -0.1) is 0 Å². The monoisotopic (exact) mass is 331 g/mol. The van der Waals surface area contributed by atoms with E-state index in [1.807, 2.05) is 36.2 Å². The zero-order valence-electron chi connectivity index (χ0n) is 14.5.